The molecular weight excluding hydrogens is 192 g/mol. The third-order valence-corrected chi connectivity index (χ3v) is 0.394. The van der Waals surface area contributed by atoms with Gasteiger partial charge in [-0.3, -0.25) is 0 Å². The predicted octanol–water partition coefficient (Wildman–Crippen LogP) is 6.08. The fourth-order valence-corrected chi connectivity index (χ4v) is 0.144. The third kappa shape index (κ3) is 1190. The topological polar surface area (TPSA) is 0 Å². The van der Waals surface area contributed by atoms with Gasteiger partial charge in [-0.05, 0) is 25.7 Å². The largest absolute Gasteiger partial charge is 0.120 e. The standard InChI is InChI=1S/C5H12.C5H8.C4H8.C2H6/c1-5(2,3)4;1-3-5-4-2;1-4(2)3;1-2/h1-4H3;1H,4-5H2,2H3;1H2,2-3H3;1-2H3. The van der Waals surface area contributed by atoms with Gasteiger partial charge >= 0.3 is 0 Å². The molecule has 98 valence electrons. The molecule has 0 spiro atoms. The summed E-state index contributed by atoms with van der Waals surface area (Å²) in [7, 11) is 0. The lowest BCUT2D eigenvalue weighted by Crippen LogP contribution is -1.93. The summed E-state index contributed by atoms with van der Waals surface area (Å²) in [4.78, 5) is 0. The minimum absolute atomic E-state index is 0.500. The first-order valence-electron chi connectivity index (χ1n) is 6.20. The Morgan fingerprint density at radius 1 is 1.12 bits per heavy atom. The molecule has 0 unspecified atom stereocenters. The van der Waals surface area contributed by atoms with Crippen LogP contribution in [0.1, 0.15) is 75.2 Å². The van der Waals surface area contributed by atoms with Crippen molar-refractivity contribution in [1.82, 2.24) is 0 Å². The minimum Gasteiger partial charge on any atom is -0.120 e. The minimum atomic E-state index is 0.500. The molecule has 0 rings (SSSR count). The van der Waals surface area contributed by atoms with E-state index in [9.17, 15) is 0 Å². The summed E-state index contributed by atoms with van der Waals surface area (Å²) < 4.78 is 0. The van der Waals surface area contributed by atoms with E-state index in [1.54, 1.807) is 0 Å². The number of terminal acetylenes is 1. The van der Waals surface area contributed by atoms with Gasteiger partial charge in [0.1, 0.15) is 0 Å². The normalized spacial score (nSPS) is 7.75. The molecule has 0 saturated carbocycles. The van der Waals surface area contributed by atoms with Gasteiger partial charge in [0.05, 0.1) is 0 Å². The molecule has 0 amide bonds. The number of allylic oxidation sites excluding steroid dienone is 1. The van der Waals surface area contributed by atoms with Crippen LogP contribution in [0, 0.1) is 17.8 Å². The Morgan fingerprint density at radius 3 is 1.31 bits per heavy atom. The van der Waals surface area contributed by atoms with Crippen molar-refractivity contribution in [3.05, 3.63) is 12.2 Å². The lowest BCUT2D eigenvalue weighted by Gasteiger charge is -2.05. The molecule has 0 aliphatic heterocycles. The highest BCUT2D eigenvalue weighted by atomic mass is 14.0. The Bertz CT molecular complexity index is 140. The third-order valence-electron chi connectivity index (χ3n) is 0.394. The average molecular weight is 226 g/mol. The molecule has 0 saturated heterocycles. The van der Waals surface area contributed by atoms with Crippen LogP contribution in [-0.2, 0) is 0 Å². The number of rotatable bonds is 1. The van der Waals surface area contributed by atoms with Gasteiger partial charge < -0.3 is 0 Å². The number of unbranched alkanes of at least 4 members (excludes halogenated alkanes) is 1. The van der Waals surface area contributed by atoms with Gasteiger partial charge in [-0.1, -0.05) is 54.0 Å². The van der Waals surface area contributed by atoms with Crippen LogP contribution >= 0.6 is 0 Å². The molecule has 0 aromatic heterocycles. The summed E-state index contributed by atoms with van der Waals surface area (Å²) in [6, 6.07) is 0. The second kappa shape index (κ2) is 19.8. The van der Waals surface area contributed by atoms with Gasteiger partial charge in [0.2, 0.25) is 0 Å². The van der Waals surface area contributed by atoms with Crippen molar-refractivity contribution in [3.63, 3.8) is 0 Å². The Labute approximate surface area is 106 Å². The monoisotopic (exact) mass is 226 g/mol. The highest BCUT2D eigenvalue weighted by molar-refractivity contribution is 4.81. The summed E-state index contributed by atoms with van der Waals surface area (Å²) in [5.74, 6) is 2.52. The van der Waals surface area contributed by atoms with E-state index in [0.717, 1.165) is 12.8 Å². The number of hydrogen-bond acceptors (Lipinski definition) is 0. The zero-order chi connectivity index (χ0) is 14.2. The molecule has 0 bridgehead atoms. The molecule has 0 aliphatic carbocycles. The number of hydrogen-bond donors (Lipinski definition) is 0. The maximum atomic E-state index is 4.89. The van der Waals surface area contributed by atoms with E-state index >= 15 is 0 Å². The van der Waals surface area contributed by atoms with Crippen LogP contribution in [0.25, 0.3) is 0 Å². The van der Waals surface area contributed by atoms with E-state index in [0.29, 0.717) is 5.41 Å². The smallest absolute Gasteiger partial charge is 0.00834 e. The molecule has 0 fully saturated rings. The van der Waals surface area contributed by atoms with Crippen molar-refractivity contribution in [2.75, 3.05) is 0 Å². The van der Waals surface area contributed by atoms with Crippen LogP contribution in [0.3, 0.4) is 0 Å². The molecule has 0 nitrogen and oxygen atoms in total. The van der Waals surface area contributed by atoms with E-state index in [1.165, 1.54) is 5.57 Å². The van der Waals surface area contributed by atoms with Crippen LogP contribution in [0.4, 0.5) is 0 Å². The maximum Gasteiger partial charge on any atom is 0.00834 e. The molecule has 0 aliphatic rings. The maximum absolute atomic E-state index is 4.89. The first-order chi connectivity index (χ1) is 7.15. The van der Waals surface area contributed by atoms with Gasteiger partial charge in [0.15, 0.2) is 0 Å². The van der Waals surface area contributed by atoms with Crippen molar-refractivity contribution < 1.29 is 0 Å². The Hall–Kier alpha value is -0.700. The van der Waals surface area contributed by atoms with Gasteiger partial charge in [-0.15, -0.1) is 18.9 Å². The quantitative estimate of drug-likeness (QED) is 0.375. The van der Waals surface area contributed by atoms with Gasteiger partial charge in [-0.2, -0.15) is 0 Å². The van der Waals surface area contributed by atoms with E-state index in [4.69, 9.17) is 6.42 Å². The van der Waals surface area contributed by atoms with E-state index < -0.39 is 0 Å². The Balaban J connectivity index is -0.0000000629. The second-order valence-corrected chi connectivity index (χ2v) is 5.16. The molecule has 0 heteroatoms. The highest BCUT2D eigenvalue weighted by Gasteiger charge is 1.95. The molecule has 0 atom stereocenters. The second-order valence-electron chi connectivity index (χ2n) is 5.16. The lowest BCUT2D eigenvalue weighted by atomic mass is 10.0. The van der Waals surface area contributed by atoms with Gasteiger partial charge in [0, 0.05) is 6.42 Å². The van der Waals surface area contributed by atoms with Crippen molar-refractivity contribution in [2.45, 2.75) is 75.2 Å². The molecular formula is C16H34. The molecule has 0 aromatic carbocycles. The zero-order valence-corrected chi connectivity index (χ0v) is 13.2. The molecule has 0 heterocycles. The van der Waals surface area contributed by atoms with Crippen LogP contribution in [0.2, 0.25) is 0 Å². The summed E-state index contributed by atoms with van der Waals surface area (Å²) in [6.45, 7) is 22.3. The van der Waals surface area contributed by atoms with Crippen LogP contribution in [0.15, 0.2) is 12.2 Å². The average Bonchev–Trinajstić information content (AvgIpc) is 2.05. The summed E-state index contributed by atoms with van der Waals surface area (Å²) in [5, 5.41) is 0. The summed E-state index contributed by atoms with van der Waals surface area (Å²) in [6.07, 6.45) is 6.91. The van der Waals surface area contributed by atoms with Crippen LogP contribution in [0.5, 0.6) is 0 Å². The van der Waals surface area contributed by atoms with E-state index in [1.807, 2.05) is 27.7 Å². The first kappa shape index (κ1) is 24.5. The van der Waals surface area contributed by atoms with Gasteiger partial charge in [0.25, 0.3) is 0 Å². The van der Waals surface area contributed by atoms with Crippen molar-refractivity contribution in [1.29, 1.82) is 0 Å². The Kier molecular flexibility index (Phi) is 30.3. The van der Waals surface area contributed by atoms with Crippen molar-refractivity contribution in [3.8, 4) is 12.3 Å². The lowest BCUT2D eigenvalue weighted by molar-refractivity contribution is 0.469. The van der Waals surface area contributed by atoms with Gasteiger partial charge in [-0.25, -0.2) is 0 Å². The van der Waals surface area contributed by atoms with Crippen LogP contribution < -0.4 is 0 Å². The summed E-state index contributed by atoms with van der Waals surface area (Å²) >= 11 is 0. The Morgan fingerprint density at radius 2 is 1.31 bits per heavy atom. The fraction of sp³-hybridized carbons (Fsp3) is 0.750. The van der Waals surface area contributed by atoms with Crippen molar-refractivity contribution >= 4 is 0 Å². The van der Waals surface area contributed by atoms with Crippen LogP contribution in [-0.4, -0.2) is 0 Å². The molecule has 0 N–H and O–H groups in total. The highest BCUT2D eigenvalue weighted by Crippen LogP contribution is 2.08. The van der Waals surface area contributed by atoms with E-state index in [2.05, 4.69) is 47.1 Å². The zero-order valence-electron chi connectivity index (χ0n) is 13.2. The van der Waals surface area contributed by atoms with Crippen molar-refractivity contribution in [2.24, 2.45) is 5.41 Å². The SMILES string of the molecule is C#CCCC.C=C(C)C.CC.CC(C)(C)C. The summed E-state index contributed by atoms with van der Waals surface area (Å²) in [5.41, 5.74) is 1.67. The first-order valence-corrected chi connectivity index (χ1v) is 6.20. The predicted molar refractivity (Wildman–Crippen MR) is 80.7 cm³/mol. The molecule has 0 aromatic rings. The molecule has 16 heavy (non-hydrogen) atoms. The fourth-order valence-electron chi connectivity index (χ4n) is 0.144. The molecule has 0 radical (unpaired) electrons. The van der Waals surface area contributed by atoms with E-state index in [-0.39, 0.29) is 0 Å².